The summed E-state index contributed by atoms with van der Waals surface area (Å²) in [6.07, 6.45) is 6.44. The molecule has 1 aliphatic carbocycles. The molecule has 0 amide bonds. The van der Waals surface area contributed by atoms with Crippen molar-refractivity contribution >= 4 is 18.6 Å². The molecular weight excluding hydrogens is 196 g/mol. The first kappa shape index (κ1) is 11.6. The second-order valence-corrected chi connectivity index (χ2v) is 4.10. The monoisotopic (exact) mass is 214 g/mol. The lowest BCUT2D eigenvalue weighted by Gasteiger charge is -2.13. The topological polar surface area (TPSA) is 26.3 Å². The number of allylic oxidation sites excluding steroid dienone is 1. The van der Waals surface area contributed by atoms with Gasteiger partial charge in [-0.1, -0.05) is 12.8 Å². The Kier molecular flexibility index (Phi) is 5.09. The maximum atomic E-state index is 11.5. The molecule has 1 aliphatic rings. The number of thiol groups is 1. The molecule has 0 atom stereocenters. The number of carbonyl (C=O) groups excluding carboxylic acids is 1. The Hall–Kier alpha value is -0.440. The third kappa shape index (κ3) is 3.37. The van der Waals surface area contributed by atoms with Gasteiger partial charge in [0.1, 0.15) is 0 Å². The molecule has 14 heavy (non-hydrogen) atoms. The van der Waals surface area contributed by atoms with E-state index >= 15 is 0 Å². The van der Waals surface area contributed by atoms with Gasteiger partial charge in [0.25, 0.3) is 0 Å². The third-order valence-electron chi connectivity index (χ3n) is 2.46. The van der Waals surface area contributed by atoms with E-state index in [4.69, 9.17) is 4.74 Å². The molecule has 0 aromatic rings. The second kappa shape index (κ2) is 6.12. The average Bonchev–Trinajstić information content (AvgIpc) is 2.12. The van der Waals surface area contributed by atoms with E-state index in [1.54, 1.807) is 0 Å². The summed E-state index contributed by atoms with van der Waals surface area (Å²) in [6.45, 7) is 2.28. The molecule has 0 N–H and O–H groups in total. The number of ether oxygens (including phenoxy) is 1. The maximum absolute atomic E-state index is 11.5. The first-order valence-electron chi connectivity index (χ1n) is 5.33. The van der Waals surface area contributed by atoms with Gasteiger partial charge in [0.15, 0.2) is 0 Å². The SMILES string of the molecule is CCOC(=O)/C1=C(\S)CCCCCC1. The van der Waals surface area contributed by atoms with Crippen molar-refractivity contribution in [2.75, 3.05) is 6.61 Å². The van der Waals surface area contributed by atoms with Gasteiger partial charge in [-0.25, -0.2) is 4.79 Å². The van der Waals surface area contributed by atoms with Gasteiger partial charge in [-0.05, 0) is 37.5 Å². The molecule has 1 rings (SSSR count). The zero-order valence-electron chi connectivity index (χ0n) is 8.71. The Morgan fingerprint density at radius 1 is 1.29 bits per heavy atom. The van der Waals surface area contributed by atoms with Crippen LogP contribution < -0.4 is 0 Å². The van der Waals surface area contributed by atoms with Crippen molar-refractivity contribution in [1.82, 2.24) is 0 Å². The number of esters is 1. The van der Waals surface area contributed by atoms with Crippen LogP contribution in [0.5, 0.6) is 0 Å². The summed E-state index contributed by atoms with van der Waals surface area (Å²) in [7, 11) is 0. The van der Waals surface area contributed by atoms with E-state index in [0.29, 0.717) is 6.61 Å². The Morgan fingerprint density at radius 3 is 2.57 bits per heavy atom. The number of carbonyl (C=O) groups is 1. The van der Waals surface area contributed by atoms with Crippen LogP contribution in [0.1, 0.15) is 45.4 Å². The van der Waals surface area contributed by atoms with Crippen LogP contribution >= 0.6 is 12.6 Å². The molecule has 0 radical (unpaired) electrons. The van der Waals surface area contributed by atoms with E-state index in [1.807, 2.05) is 6.92 Å². The van der Waals surface area contributed by atoms with Crippen molar-refractivity contribution < 1.29 is 9.53 Å². The summed E-state index contributed by atoms with van der Waals surface area (Å²) >= 11 is 4.38. The predicted octanol–water partition coefficient (Wildman–Crippen LogP) is 3.09. The smallest absolute Gasteiger partial charge is 0.334 e. The molecule has 0 saturated carbocycles. The molecule has 0 aromatic heterocycles. The van der Waals surface area contributed by atoms with E-state index in [1.165, 1.54) is 12.8 Å². The Bertz CT molecular complexity index is 233. The average molecular weight is 214 g/mol. The van der Waals surface area contributed by atoms with E-state index in [0.717, 1.165) is 36.2 Å². The Balaban J connectivity index is 2.68. The van der Waals surface area contributed by atoms with Crippen LogP contribution in [0.2, 0.25) is 0 Å². The van der Waals surface area contributed by atoms with Crippen molar-refractivity contribution in [3.63, 3.8) is 0 Å². The van der Waals surface area contributed by atoms with Crippen LogP contribution in [-0.4, -0.2) is 12.6 Å². The lowest BCUT2D eigenvalue weighted by atomic mass is 10.00. The number of hydrogen-bond acceptors (Lipinski definition) is 3. The second-order valence-electron chi connectivity index (χ2n) is 3.56. The molecule has 0 fully saturated rings. The van der Waals surface area contributed by atoms with Gasteiger partial charge in [0.2, 0.25) is 0 Å². The van der Waals surface area contributed by atoms with E-state index in [9.17, 15) is 4.79 Å². The lowest BCUT2D eigenvalue weighted by Crippen LogP contribution is -2.10. The van der Waals surface area contributed by atoms with Crippen LogP contribution in [0, 0.1) is 0 Å². The molecule has 0 bridgehead atoms. The van der Waals surface area contributed by atoms with E-state index < -0.39 is 0 Å². The highest BCUT2D eigenvalue weighted by atomic mass is 32.1. The normalized spacial score (nSPS) is 23.9. The minimum atomic E-state index is -0.167. The standard InChI is InChI=1S/C11H18O2S/c1-2-13-11(12)9-7-5-3-4-6-8-10(9)14/h14H,2-8H2,1H3/b10-9-. The zero-order chi connectivity index (χ0) is 10.4. The van der Waals surface area contributed by atoms with Crippen molar-refractivity contribution in [2.24, 2.45) is 0 Å². The molecular formula is C11H18O2S. The van der Waals surface area contributed by atoms with Gasteiger partial charge in [-0.15, -0.1) is 12.6 Å². The molecule has 0 aliphatic heterocycles. The van der Waals surface area contributed by atoms with Crippen LogP contribution in [0.15, 0.2) is 10.5 Å². The zero-order valence-corrected chi connectivity index (χ0v) is 9.61. The highest BCUT2D eigenvalue weighted by Crippen LogP contribution is 2.26. The van der Waals surface area contributed by atoms with Gasteiger partial charge in [0.05, 0.1) is 6.61 Å². The quantitative estimate of drug-likeness (QED) is 0.564. The Morgan fingerprint density at radius 2 is 1.93 bits per heavy atom. The van der Waals surface area contributed by atoms with Gasteiger partial charge in [-0.3, -0.25) is 0 Å². The fraction of sp³-hybridized carbons (Fsp3) is 0.727. The maximum Gasteiger partial charge on any atom is 0.334 e. The van der Waals surface area contributed by atoms with Crippen LogP contribution in [0.4, 0.5) is 0 Å². The van der Waals surface area contributed by atoms with Crippen LogP contribution in [0.3, 0.4) is 0 Å². The van der Waals surface area contributed by atoms with Crippen molar-refractivity contribution in [3.05, 3.63) is 10.5 Å². The van der Waals surface area contributed by atoms with Crippen LogP contribution in [-0.2, 0) is 9.53 Å². The predicted molar refractivity (Wildman–Crippen MR) is 60.3 cm³/mol. The fourth-order valence-electron chi connectivity index (χ4n) is 1.68. The first-order chi connectivity index (χ1) is 6.75. The Labute approximate surface area is 91.1 Å². The molecule has 0 spiro atoms. The highest BCUT2D eigenvalue weighted by molar-refractivity contribution is 7.84. The number of rotatable bonds is 2. The van der Waals surface area contributed by atoms with Crippen molar-refractivity contribution in [1.29, 1.82) is 0 Å². The summed E-state index contributed by atoms with van der Waals surface area (Å²) in [4.78, 5) is 12.5. The summed E-state index contributed by atoms with van der Waals surface area (Å²) in [6, 6.07) is 0. The minimum absolute atomic E-state index is 0.167. The van der Waals surface area contributed by atoms with Gasteiger partial charge < -0.3 is 4.74 Å². The first-order valence-corrected chi connectivity index (χ1v) is 5.78. The van der Waals surface area contributed by atoms with Gasteiger partial charge >= 0.3 is 5.97 Å². The molecule has 80 valence electrons. The van der Waals surface area contributed by atoms with E-state index in [-0.39, 0.29) is 5.97 Å². The summed E-state index contributed by atoms with van der Waals surface area (Å²) in [5.74, 6) is -0.167. The molecule has 0 aromatic carbocycles. The van der Waals surface area contributed by atoms with Crippen molar-refractivity contribution in [3.8, 4) is 0 Å². The molecule has 2 nitrogen and oxygen atoms in total. The molecule has 3 heteroatoms. The van der Waals surface area contributed by atoms with E-state index in [2.05, 4.69) is 12.6 Å². The van der Waals surface area contributed by atoms with Gasteiger partial charge in [-0.2, -0.15) is 0 Å². The lowest BCUT2D eigenvalue weighted by molar-refractivity contribution is -0.138. The summed E-state index contributed by atoms with van der Waals surface area (Å²) < 4.78 is 5.00. The number of hydrogen-bond donors (Lipinski definition) is 1. The molecule has 0 unspecified atom stereocenters. The fourth-order valence-corrected chi connectivity index (χ4v) is 2.04. The summed E-state index contributed by atoms with van der Waals surface area (Å²) in [5.41, 5.74) is 0.801. The third-order valence-corrected chi connectivity index (χ3v) is 2.95. The van der Waals surface area contributed by atoms with Crippen LogP contribution in [0.25, 0.3) is 0 Å². The highest BCUT2D eigenvalue weighted by Gasteiger charge is 2.15. The van der Waals surface area contributed by atoms with Gasteiger partial charge in [0, 0.05) is 5.57 Å². The van der Waals surface area contributed by atoms with Crippen molar-refractivity contribution in [2.45, 2.75) is 45.4 Å². The minimum Gasteiger partial charge on any atom is -0.463 e. The summed E-state index contributed by atoms with van der Waals surface area (Å²) in [5, 5.41) is 0. The molecule has 0 saturated heterocycles. The molecule has 0 heterocycles. The largest absolute Gasteiger partial charge is 0.463 e.